The van der Waals surface area contributed by atoms with Gasteiger partial charge in [0.25, 0.3) is 5.56 Å². The van der Waals surface area contributed by atoms with Crippen molar-refractivity contribution in [2.24, 2.45) is 7.05 Å². The van der Waals surface area contributed by atoms with Gasteiger partial charge < -0.3 is 14.0 Å². The summed E-state index contributed by atoms with van der Waals surface area (Å²) in [6.45, 7) is 10.4. The lowest BCUT2D eigenvalue weighted by molar-refractivity contribution is 0.219. The van der Waals surface area contributed by atoms with Crippen molar-refractivity contribution in [3.63, 3.8) is 0 Å². The quantitative estimate of drug-likeness (QED) is 0.466. The summed E-state index contributed by atoms with van der Waals surface area (Å²) < 4.78 is 15.2. The van der Waals surface area contributed by atoms with E-state index in [2.05, 4.69) is 11.6 Å². The topological polar surface area (TPSA) is 80.3 Å². The maximum atomic E-state index is 12.8. The minimum absolute atomic E-state index is 0.304. The number of methoxy groups -OCH3 is 2. The molecule has 2 aromatic heterocycles. The van der Waals surface area contributed by atoms with Crippen LogP contribution in [0.1, 0.15) is 33.0 Å². The second-order valence-electron chi connectivity index (χ2n) is 6.58. The molecule has 0 radical (unpaired) electrons. The molecule has 0 aromatic carbocycles. The van der Waals surface area contributed by atoms with Gasteiger partial charge in [0.05, 0.1) is 14.2 Å². The van der Waals surface area contributed by atoms with Gasteiger partial charge >= 0.3 is 5.69 Å². The first-order valence-electron chi connectivity index (χ1n) is 9.91. The van der Waals surface area contributed by atoms with Gasteiger partial charge in [-0.25, -0.2) is 9.78 Å². The first kappa shape index (κ1) is 23.0. The van der Waals surface area contributed by atoms with Crippen LogP contribution in [-0.2, 0) is 29.6 Å². The number of hydrogen-bond acceptors (Lipinski definition) is 5. The SMILES string of the molecule is C=C(/C=C/c1nc2c(c(=O)n(CC)c(=O)n2CC)n1C)/C=C(OC)\C(=C/CC)OC. The molecule has 2 aromatic rings. The van der Waals surface area contributed by atoms with Crippen LogP contribution >= 0.6 is 0 Å². The Kier molecular flexibility index (Phi) is 7.63. The zero-order valence-electron chi connectivity index (χ0n) is 18.6. The lowest BCUT2D eigenvalue weighted by atomic mass is 10.2. The molecule has 0 aliphatic rings. The Labute approximate surface area is 176 Å². The van der Waals surface area contributed by atoms with Crippen LogP contribution in [0.2, 0.25) is 0 Å². The van der Waals surface area contributed by atoms with E-state index in [0.29, 0.717) is 47.2 Å². The van der Waals surface area contributed by atoms with Crippen LogP contribution in [0.15, 0.2) is 51.5 Å². The van der Waals surface area contributed by atoms with Gasteiger partial charge in [0.1, 0.15) is 5.82 Å². The summed E-state index contributed by atoms with van der Waals surface area (Å²) in [5.41, 5.74) is 0.747. The number of aryl methyl sites for hydroxylation is 2. The molecule has 0 saturated heterocycles. The Morgan fingerprint density at radius 3 is 2.23 bits per heavy atom. The summed E-state index contributed by atoms with van der Waals surface area (Å²) in [5, 5.41) is 0. The van der Waals surface area contributed by atoms with Gasteiger partial charge in [0, 0.05) is 20.1 Å². The molecule has 0 saturated carbocycles. The van der Waals surface area contributed by atoms with Crippen molar-refractivity contribution in [3.8, 4) is 0 Å². The van der Waals surface area contributed by atoms with Crippen LogP contribution in [0.3, 0.4) is 0 Å². The number of rotatable bonds is 9. The number of fused-ring (bicyclic) bond motifs is 1. The molecule has 0 N–H and O–H groups in total. The van der Waals surface area contributed by atoms with Crippen molar-refractivity contribution in [1.29, 1.82) is 0 Å². The maximum absolute atomic E-state index is 12.8. The molecule has 0 spiro atoms. The molecular weight excluding hydrogens is 384 g/mol. The number of hydrogen-bond donors (Lipinski definition) is 0. The Balaban J connectivity index is 2.52. The first-order chi connectivity index (χ1) is 14.3. The molecule has 30 heavy (non-hydrogen) atoms. The van der Waals surface area contributed by atoms with E-state index < -0.39 is 0 Å². The van der Waals surface area contributed by atoms with E-state index >= 15 is 0 Å². The van der Waals surface area contributed by atoms with Crippen molar-refractivity contribution >= 4 is 17.2 Å². The Morgan fingerprint density at radius 2 is 1.70 bits per heavy atom. The number of imidazole rings is 1. The molecule has 0 aliphatic carbocycles. The fraction of sp³-hybridized carbons (Fsp3) is 0.409. The minimum Gasteiger partial charge on any atom is -0.493 e. The summed E-state index contributed by atoms with van der Waals surface area (Å²) in [6, 6.07) is 0. The summed E-state index contributed by atoms with van der Waals surface area (Å²) in [4.78, 5) is 29.9. The highest BCUT2D eigenvalue weighted by Crippen LogP contribution is 2.17. The summed E-state index contributed by atoms with van der Waals surface area (Å²) >= 11 is 0. The highest BCUT2D eigenvalue weighted by Gasteiger charge is 2.17. The maximum Gasteiger partial charge on any atom is 0.332 e. The van der Waals surface area contributed by atoms with Gasteiger partial charge in [-0.1, -0.05) is 19.6 Å². The predicted octanol–water partition coefficient (Wildman–Crippen LogP) is 2.98. The Hall–Kier alpha value is -3.29. The standard InChI is InChI=1S/C22H30N4O4/c1-8-11-16(29-6)17(30-7)14-15(4)12-13-18-23-20-19(24(18)5)21(27)26(10-3)22(28)25(20)9-2/h11-14H,4,8-10H2,1-3,5-7H3/b13-12+,16-11+,17-14+. The average Bonchev–Trinajstić information content (AvgIpc) is 3.06. The monoisotopic (exact) mass is 414 g/mol. The molecule has 0 atom stereocenters. The van der Waals surface area contributed by atoms with Crippen LogP contribution < -0.4 is 11.2 Å². The number of nitrogens with zero attached hydrogens (tertiary/aromatic N) is 4. The first-order valence-corrected chi connectivity index (χ1v) is 9.91. The highest BCUT2D eigenvalue weighted by atomic mass is 16.5. The molecular formula is C22H30N4O4. The van der Waals surface area contributed by atoms with Crippen LogP contribution in [0.25, 0.3) is 17.2 Å². The summed E-state index contributed by atoms with van der Waals surface area (Å²) in [6.07, 6.45) is 8.01. The molecule has 8 heteroatoms. The van der Waals surface area contributed by atoms with Crippen molar-refractivity contribution < 1.29 is 9.47 Å². The molecule has 8 nitrogen and oxygen atoms in total. The van der Waals surface area contributed by atoms with E-state index in [1.165, 1.54) is 9.13 Å². The third kappa shape index (κ3) is 4.32. The molecule has 162 valence electrons. The van der Waals surface area contributed by atoms with Crippen molar-refractivity contribution in [2.75, 3.05) is 14.2 Å². The molecule has 2 heterocycles. The van der Waals surface area contributed by atoms with Crippen LogP contribution in [-0.4, -0.2) is 32.9 Å². The summed E-state index contributed by atoms with van der Waals surface area (Å²) in [7, 11) is 4.91. The van der Waals surface area contributed by atoms with E-state index in [-0.39, 0.29) is 11.2 Å². The largest absolute Gasteiger partial charge is 0.493 e. The van der Waals surface area contributed by atoms with Gasteiger partial charge in [0.15, 0.2) is 22.7 Å². The third-order valence-electron chi connectivity index (χ3n) is 4.74. The van der Waals surface area contributed by atoms with E-state index in [1.54, 1.807) is 51.0 Å². The van der Waals surface area contributed by atoms with Crippen molar-refractivity contribution in [2.45, 2.75) is 40.3 Å². The fourth-order valence-electron chi connectivity index (χ4n) is 3.19. The fourth-order valence-corrected chi connectivity index (χ4v) is 3.19. The Morgan fingerprint density at radius 1 is 1.07 bits per heavy atom. The van der Waals surface area contributed by atoms with E-state index in [0.717, 1.165) is 6.42 Å². The van der Waals surface area contributed by atoms with Gasteiger partial charge in [-0.3, -0.25) is 13.9 Å². The van der Waals surface area contributed by atoms with Gasteiger partial charge in [-0.05, 0) is 44.1 Å². The average molecular weight is 415 g/mol. The number of ether oxygens (including phenoxy) is 2. The van der Waals surface area contributed by atoms with Gasteiger partial charge in [0.2, 0.25) is 0 Å². The van der Waals surface area contributed by atoms with E-state index in [4.69, 9.17) is 9.47 Å². The lowest BCUT2D eigenvalue weighted by Crippen LogP contribution is -2.39. The van der Waals surface area contributed by atoms with Gasteiger partial charge in [-0.2, -0.15) is 0 Å². The normalized spacial score (nSPS) is 12.7. The number of aromatic nitrogens is 4. The summed E-state index contributed by atoms with van der Waals surface area (Å²) in [5.74, 6) is 1.73. The molecule has 0 unspecified atom stereocenters. The van der Waals surface area contributed by atoms with Crippen LogP contribution in [0.5, 0.6) is 0 Å². The van der Waals surface area contributed by atoms with Gasteiger partial charge in [-0.15, -0.1) is 0 Å². The minimum atomic E-state index is -0.349. The van der Waals surface area contributed by atoms with E-state index in [1.807, 2.05) is 19.9 Å². The predicted molar refractivity (Wildman–Crippen MR) is 119 cm³/mol. The third-order valence-corrected chi connectivity index (χ3v) is 4.74. The molecule has 0 bridgehead atoms. The van der Waals surface area contributed by atoms with Crippen molar-refractivity contribution in [1.82, 2.24) is 18.7 Å². The zero-order valence-corrected chi connectivity index (χ0v) is 18.6. The number of allylic oxidation sites excluding steroid dienone is 4. The second kappa shape index (κ2) is 9.96. The zero-order chi connectivity index (χ0) is 22.4. The second-order valence-corrected chi connectivity index (χ2v) is 6.58. The van der Waals surface area contributed by atoms with Crippen LogP contribution in [0.4, 0.5) is 0 Å². The van der Waals surface area contributed by atoms with E-state index in [9.17, 15) is 9.59 Å². The molecule has 0 fully saturated rings. The Bertz CT molecular complexity index is 1140. The molecule has 0 amide bonds. The lowest BCUT2D eigenvalue weighted by Gasteiger charge is -2.09. The molecule has 0 aliphatic heterocycles. The smallest absolute Gasteiger partial charge is 0.332 e. The highest BCUT2D eigenvalue weighted by molar-refractivity contribution is 5.73. The molecule has 2 rings (SSSR count). The van der Waals surface area contributed by atoms with Crippen molar-refractivity contribution in [3.05, 3.63) is 68.6 Å². The van der Waals surface area contributed by atoms with Crippen LogP contribution in [0, 0.1) is 0 Å².